The van der Waals surface area contributed by atoms with Crippen LogP contribution in [0.3, 0.4) is 0 Å². The highest BCUT2D eigenvalue weighted by molar-refractivity contribution is 5.69. The molecule has 0 fully saturated rings. The van der Waals surface area contributed by atoms with Crippen molar-refractivity contribution in [2.24, 2.45) is 0 Å². The molecule has 29 heavy (non-hydrogen) atoms. The van der Waals surface area contributed by atoms with Crippen LogP contribution >= 0.6 is 0 Å². The summed E-state index contributed by atoms with van der Waals surface area (Å²) in [5.41, 5.74) is 1.33. The molecule has 0 bridgehead atoms. The Morgan fingerprint density at radius 2 is 1.83 bits per heavy atom. The maximum atomic E-state index is 10.4. The number of aliphatic hydroxyl groups excluding tert-OH is 1. The van der Waals surface area contributed by atoms with E-state index in [9.17, 15) is 5.11 Å². The van der Waals surface area contributed by atoms with E-state index in [1.807, 2.05) is 23.1 Å². The molecule has 150 valence electrons. The molecular weight excluding hydrogens is 374 g/mol. The van der Waals surface area contributed by atoms with Gasteiger partial charge >= 0.3 is 0 Å². The van der Waals surface area contributed by atoms with E-state index in [2.05, 4.69) is 20.3 Å². The third-order valence-electron chi connectivity index (χ3n) is 4.61. The van der Waals surface area contributed by atoms with Gasteiger partial charge in [0.05, 0.1) is 27.9 Å². The number of hydrogen-bond donors (Lipinski definition) is 2. The lowest BCUT2D eigenvalue weighted by Crippen LogP contribution is -2.17. The minimum atomic E-state index is -0.678. The highest BCUT2D eigenvalue weighted by atomic mass is 16.5. The normalized spacial score (nSPS) is 15.0. The Hall–Kier alpha value is -3.59. The maximum absolute atomic E-state index is 10.4. The van der Waals surface area contributed by atoms with Crippen molar-refractivity contribution < 1.29 is 19.3 Å². The number of fused-ring (bicyclic) bond motifs is 1. The van der Waals surface area contributed by atoms with Crippen molar-refractivity contribution in [3.8, 4) is 17.2 Å². The van der Waals surface area contributed by atoms with E-state index in [4.69, 9.17) is 14.2 Å². The summed E-state index contributed by atoms with van der Waals surface area (Å²) in [5.74, 6) is 3.22. The van der Waals surface area contributed by atoms with Crippen molar-refractivity contribution in [2.75, 3.05) is 38.1 Å². The van der Waals surface area contributed by atoms with Crippen molar-refractivity contribution in [3.63, 3.8) is 0 Å². The number of rotatable bonds is 6. The number of methoxy groups -OCH3 is 3. The second-order valence-electron chi connectivity index (χ2n) is 6.33. The predicted octanol–water partition coefficient (Wildman–Crippen LogP) is 2.83. The van der Waals surface area contributed by atoms with Gasteiger partial charge in [-0.05, 0) is 12.1 Å². The zero-order chi connectivity index (χ0) is 20.4. The lowest BCUT2D eigenvalue weighted by atomic mass is 10.2. The summed E-state index contributed by atoms with van der Waals surface area (Å²) < 4.78 is 16.1. The molecule has 2 aromatic heterocycles. The SMILES string of the molecule is COc1cc(Nc2ncc3c(n2)N(c2ccccn2)C[C@@H]3O)cc(OC)c1OC. The second-order valence-corrected chi connectivity index (χ2v) is 6.33. The molecule has 2 N–H and O–H groups in total. The van der Waals surface area contributed by atoms with Crippen LogP contribution < -0.4 is 24.4 Å². The van der Waals surface area contributed by atoms with Gasteiger partial charge in [-0.25, -0.2) is 9.97 Å². The van der Waals surface area contributed by atoms with E-state index in [1.165, 1.54) is 0 Å². The van der Waals surface area contributed by atoms with Crippen LogP contribution in [0.15, 0.2) is 42.7 Å². The molecule has 3 heterocycles. The summed E-state index contributed by atoms with van der Waals surface area (Å²) >= 11 is 0. The molecule has 4 rings (SSSR count). The molecule has 0 unspecified atom stereocenters. The number of hydrogen-bond acceptors (Lipinski definition) is 9. The van der Waals surface area contributed by atoms with E-state index in [1.54, 1.807) is 45.9 Å². The van der Waals surface area contributed by atoms with Crippen molar-refractivity contribution >= 4 is 23.3 Å². The number of nitrogens with one attached hydrogen (secondary N) is 1. The molecule has 9 heteroatoms. The molecule has 1 atom stereocenters. The first-order valence-corrected chi connectivity index (χ1v) is 8.95. The van der Waals surface area contributed by atoms with Gasteiger partial charge in [-0.15, -0.1) is 0 Å². The Balaban J connectivity index is 1.68. The lowest BCUT2D eigenvalue weighted by molar-refractivity contribution is 0.196. The molecule has 0 aliphatic carbocycles. The number of pyridine rings is 1. The standard InChI is InChI=1S/C20H21N5O4/c1-27-15-8-12(9-16(28-2)18(15)29-3)23-20-22-10-13-14(26)11-25(19(13)24-20)17-6-4-5-7-21-17/h4-10,14,26H,11H2,1-3H3,(H,22,23,24)/t14-/m0/s1. The van der Waals surface area contributed by atoms with E-state index in [0.29, 0.717) is 52.6 Å². The first kappa shape index (κ1) is 18.8. The number of anilines is 4. The summed E-state index contributed by atoms with van der Waals surface area (Å²) in [4.78, 5) is 15.2. The fraction of sp³-hybridized carbons (Fsp3) is 0.250. The largest absolute Gasteiger partial charge is 0.493 e. The third kappa shape index (κ3) is 3.47. The number of aromatic nitrogens is 3. The number of β-amino-alcohol motifs (C(OH)–C–C–N with tert-alkyl or cyclic N) is 1. The molecule has 1 aliphatic heterocycles. The molecule has 1 aromatic carbocycles. The predicted molar refractivity (Wildman–Crippen MR) is 108 cm³/mol. The number of benzene rings is 1. The van der Waals surface area contributed by atoms with Gasteiger partial charge in [-0.1, -0.05) is 6.07 Å². The van der Waals surface area contributed by atoms with Crippen molar-refractivity contribution in [1.29, 1.82) is 0 Å². The van der Waals surface area contributed by atoms with Crippen LogP contribution in [-0.4, -0.2) is 47.9 Å². The average Bonchev–Trinajstić information content (AvgIpc) is 3.09. The molecule has 0 saturated heterocycles. The third-order valence-corrected chi connectivity index (χ3v) is 4.61. The monoisotopic (exact) mass is 395 g/mol. The lowest BCUT2D eigenvalue weighted by Gasteiger charge is -2.18. The molecule has 3 aromatic rings. The van der Waals surface area contributed by atoms with Crippen LogP contribution in [0.25, 0.3) is 0 Å². The van der Waals surface area contributed by atoms with Crippen LogP contribution in [0, 0.1) is 0 Å². The van der Waals surface area contributed by atoms with Crippen molar-refractivity contribution in [3.05, 3.63) is 48.3 Å². The van der Waals surface area contributed by atoms with Crippen LogP contribution in [0.2, 0.25) is 0 Å². The van der Waals surface area contributed by atoms with Gasteiger partial charge in [0.15, 0.2) is 11.5 Å². The number of nitrogens with zero attached hydrogens (tertiary/aromatic N) is 4. The molecule has 9 nitrogen and oxygen atoms in total. The Morgan fingerprint density at radius 1 is 1.07 bits per heavy atom. The molecule has 0 spiro atoms. The summed E-state index contributed by atoms with van der Waals surface area (Å²) in [7, 11) is 4.66. The van der Waals surface area contributed by atoms with Crippen molar-refractivity contribution in [1.82, 2.24) is 15.0 Å². The topological polar surface area (TPSA) is 102 Å². The summed E-state index contributed by atoms with van der Waals surface area (Å²) in [6.45, 7) is 0.370. The Labute approximate surface area is 167 Å². The molecular formula is C20H21N5O4. The fourth-order valence-corrected chi connectivity index (χ4v) is 3.25. The zero-order valence-corrected chi connectivity index (χ0v) is 16.3. The Kier molecular flexibility index (Phi) is 5.05. The number of aliphatic hydroxyl groups is 1. The minimum absolute atomic E-state index is 0.369. The number of ether oxygens (including phenoxy) is 3. The van der Waals surface area contributed by atoms with Crippen LogP contribution in [0.1, 0.15) is 11.7 Å². The summed E-state index contributed by atoms with van der Waals surface area (Å²) in [6, 6.07) is 9.14. The smallest absolute Gasteiger partial charge is 0.229 e. The van der Waals surface area contributed by atoms with Crippen LogP contribution in [-0.2, 0) is 0 Å². The van der Waals surface area contributed by atoms with E-state index in [-0.39, 0.29) is 0 Å². The maximum Gasteiger partial charge on any atom is 0.229 e. The van der Waals surface area contributed by atoms with Gasteiger partial charge < -0.3 is 29.5 Å². The first-order valence-electron chi connectivity index (χ1n) is 8.95. The van der Waals surface area contributed by atoms with Crippen molar-refractivity contribution in [2.45, 2.75) is 6.10 Å². The highest BCUT2D eigenvalue weighted by Crippen LogP contribution is 2.41. The van der Waals surface area contributed by atoms with Gasteiger partial charge in [-0.3, -0.25) is 0 Å². The first-order chi connectivity index (χ1) is 14.1. The van der Waals surface area contributed by atoms with Gasteiger partial charge in [0.1, 0.15) is 17.7 Å². The van der Waals surface area contributed by atoms with E-state index in [0.717, 1.165) is 0 Å². The van der Waals surface area contributed by atoms with Crippen LogP contribution in [0.5, 0.6) is 17.2 Å². The Bertz CT molecular complexity index is 990. The molecule has 0 saturated carbocycles. The minimum Gasteiger partial charge on any atom is -0.493 e. The van der Waals surface area contributed by atoms with Crippen LogP contribution in [0.4, 0.5) is 23.3 Å². The quantitative estimate of drug-likeness (QED) is 0.652. The highest BCUT2D eigenvalue weighted by Gasteiger charge is 2.31. The molecule has 1 aliphatic rings. The molecule has 0 amide bonds. The average molecular weight is 395 g/mol. The van der Waals surface area contributed by atoms with Gasteiger partial charge in [0, 0.05) is 35.8 Å². The summed E-state index contributed by atoms with van der Waals surface area (Å²) in [5, 5.41) is 13.5. The summed E-state index contributed by atoms with van der Waals surface area (Å²) in [6.07, 6.45) is 2.65. The van der Waals surface area contributed by atoms with Gasteiger partial charge in [-0.2, -0.15) is 4.98 Å². The van der Waals surface area contributed by atoms with E-state index < -0.39 is 6.10 Å². The van der Waals surface area contributed by atoms with Gasteiger partial charge in [0.25, 0.3) is 0 Å². The van der Waals surface area contributed by atoms with E-state index >= 15 is 0 Å². The fourth-order valence-electron chi connectivity index (χ4n) is 3.25. The van der Waals surface area contributed by atoms with Gasteiger partial charge in [0.2, 0.25) is 11.7 Å². The molecule has 0 radical (unpaired) electrons. The zero-order valence-electron chi connectivity index (χ0n) is 16.3. The second kappa shape index (κ2) is 7.80. The Morgan fingerprint density at radius 3 is 2.45 bits per heavy atom.